The molecule has 1 aliphatic heterocycles. The molecule has 0 amide bonds. The number of likely N-dealkylation sites (N-methyl/N-ethyl adjacent to an activating group) is 1. The van der Waals surface area contributed by atoms with Gasteiger partial charge in [-0.05, 0) is 50.4 Å². The van der Waals surface area contributed by atoms with E-state index >= 15 is 0 Å². The molecule has 1 saturated heterocycles. The van der Waals surface area contributed by atoms with E-state index in [1.165, 1.54) is 18.3 Å². The molecule has 0 aliphatic carbocycles. The zero-order valence-electron chi connectivity index (χ0n) is 19.2. The second-order valence-electron chi connectivity index (χ2n) is 8.67. The van der Waals surface area contributed by atoms with Crippen molar-refractivity contribution >= 4 is 39.9 Å². The SMILES string of the molecule is C[C@@H](Oc1c[nH]c(=O)c(-c2nc3ccc(N4CCN(C)CC4)cc3[nH]2)c1)c1c(Cl)ccc(F)c1Cl. The lowest BCUT2D eigenvalue weighted by Crippen LogP contribution is -2.44. The second-order valence-corrected chi connectivity index (χ2v) is 9.46. The minimum absolute atomic E-state index is 0.0944. The number of aromatic nitrogens is 3. The summed E-state index contributed by atoms with van der Waals surface area (Å²) in [6, 6.07) is 10.3. The van der Waals surface area contributed by atoms with Gasteiger partial charge in [0.1, 0.15) is 23.5 Å². The number of H-pyrrole nitrogens is 2. The maximum absolute atomic E-state index is 14.0. The Bertz CT molecular complexity index is 1450. The van der Waals surface area contributed by atoms with Crippen LogP contribution in [0.4, 0.5) is 10.1 Å². The van der Waals surface area contributed by atoms with Crippen LogP contribution in [0.25, 0.3) is 22.4 Å². The van der Waals surface area contributed by atoms with Crippen LogP contribution < -0.4 is 15.2 Å². The Balaban J connectivity index is 1.43. The van der Waals surface area contributed by atoms with Crippen LogP contribution in [0.5, 0.6) is 5.75 Å². The molecule has 4 aromatic rings. The molecule has 5 rings (SSSR count). The molecule has 3 heterocycles. The van der Waals surface area contributed by atoms with Gasteiger partial charge in [0, 0.05) is 48.6 Å². The highest BCUT2D eigenvalue weighted by atomic mass is 35.5. The van der Waals surface area contributed by atoms with Crippen molar-refractivity contribution in [1.29, 1.82) is 0 Å². The number of nitrogens with zero attached hydrogens (tertiary/aromatic N) is 3. The van der Waals surface area contributed by atoms with Crippen molar-refractivity contribution in [2.24, 2.45) is 0 Å². The lowest BCUT2D eigenvalue weighted by Gasteiger charge is -2.34. The molecule has 0 spiro atoms. The van der Waals surface area contributed by atoms with Gasteiger partial charge in [0.2, 0.25) is 0 Å². The van der Waals surface area contributed by atoms with Gasteiger partial charge in [-0.15, -0.1) is 0 Å². The predicted octanol–water partition coefficient (Wildman–Crippen LogP) is 5.26. The van der Waals surface area contributed by atoms with E-state index in [0.717, 1.165) is 42.9 Å². The van der Waals surface area contributed by atoms with E-state index < -0.39 is 11.9 Å². The molecular weight excluding hydrogens is 492 g/mol. The van der Waals surface area contributed by atoms with Crippen molar-refractivity contribution in [3.05, 3.63) is 74.4 Å². The lowest BCUT2D eigenvalue weighted by atomic mass is 10.1. The summed E-state index contributed by atoms with van der Waals surface area (Å²) in [6.45, 7) is 5.65. The fraction of sp³-hybridized carbons (Fsp3) is 0.280. The van der Waals surface area contributed by atoms with Crippen LogP contribution in [0.2, 0.25) is 10.0 Å². The normalized spacial score (nSPS) is 15.5. The summed E-state index contributed by atoms with van der Waals surface area (Å²) in [7, 11) is 2.12. The van der Waals surface area contributed by atoms with E-state index in [-0.39, 0.29) is 10.6 Å². The summed E-state index contributed by atoms with van der Waals surface area (Å²) >= 11 is 12.3. The number of anilines is 1. The molecule has 0 radical (unpaired) electrons. The first kappa shape index (κ1) is 23.7. The van der Waals surface area contributed by atoms with E-state index in [1.54, 1.807) is 13.0 Å². The highest BCUT2D eigenvalue weighted by Gasteiger charge is 2.20. The summed E-state index contributed by atoms with van der Waals surface area (Å²) < 4.78 is 19.9. The number of ether oxygens (including phenoxy) is 1. The molecule has 2 N–H and O–H groups in total. The molecule has 0 saturated carbocycles. The van der Waals surface area contributed by atoms with Crippen molar-refractivity contribution in [2.75, 3.05) is 38.1 Å². The number of pyridine rings is 1. The number of nitrogens with one attached hydrogen (secondary N) is 2. The van der Waals surface area contributed by atoms with E-state index in [9.17, 15) is 9.18 Å². The lowest BCUT2D eigenvalue weighted by molar-refractivity contribution is 0.225. The molecule has 7 nitrogen and oxygen atoms in total. The molecule has 2 aromatic carbocycles. The van der Waals surface area contributed by atoms with Gasteiger partial charge in [-0.25, -0.2) is 9.37 Å². The Labute approximate surface area is 211 Å². The zero-order valence-corrected chi connectivity index (χ0v) is 20.8. The van der Waals surface area contributed by atoms with Crippen LogP contribution in [0, 0.1) is 5.82 Å². The Morgan fingerprint density at radius 3 is 2.66 bits per heavy atom. The smallest absolute Gasteiger partial charge is 0.259 e. The van der Waals surface area contributed by atoms with Crippen LogP contribution in [0.15, 0.2) is 47.4 Å². The maximum Gasteiger partial charge on any atom is 0.259 e. The second kappa shape index (κ2) is 9.53. The number of halogens is 3. The number of piperazine rings is 1. The van der Waals surface area contributed by atoms with Gasteiger partial charge in [0.15, 0.2) is 0 Å². The number of hydrogen-bond acceptors (Lipinski definition) is 5. The van der Waals surface area contributed by atoms with Gasteiger partial charge in [0.25, 0.3) is 5.56 Å². The first-order chi connectivity index (χ1) is 16.8. The van der Waals surface area contributed by atoms with E-state index in [4.69, 9.17) is 27.9 Å². The molecule has 0 bridgehead atoms. The molecule has 35 heavy (non-hydrogen) atoms. The number of imidazole rings is 1. The number of hydrogen-bond donors (Lipinski definition) is 2. The molecule has 2 aromatic heterocycles. The summed E-state index contributed by atoms with van der Waals surface area (Å²) in [5.74, 6) is 0.209. The van der Waals surface area contributed by atoms with Crippen molar-refractivity contribution in [2.45, 2.75) is 13.0 Å². The fourth-order valence-electron chi connectivity index (χ4n) is 4.27. The third kappa shape index (κ3) is 4.74. The maximum atomic E-state index is 14.0. The van der Waals surface area contributed by atoms with Crippen LogP contribution in [0.3, 0.4) is 0 Å². The Morgan fingerprint density at radius 1 is 1.11 bits per heavy atom. The molecule has 1 aliphatic rings. The highest BCUT2D eigenvalue weighted by Crippen LogP contribution is 2.35. The Kier molecular flexibility index (Phi) is 6.44. The average Bonchev–Trinajstić information content (AvgIpc) is 3.26. The monoisotopic (exact) mass is 515 g/mol. The summed E-state index contributed by atoms with van der Waals surface area (Å²) in [5, 5.41) is 0.199. The van der Waals surface area contributed by atoms with Gasteiger partial charge in [0.05, 0.1) is 21.6 Å². The molecular formula is C25H24Cl2FN5O2. The average molecular weight is 516 g/mol. The third-order valence-electron chi connectivity index (χ3n) is 6.26. The first-order valence-corrected chi connectivity index (χ1v) is 12.0. The summed E-state index contributed by atoms with van der Waals surface area (Å²) in [4.78, 5) is 27.8. The number of fused-ring (bicyclic) bond motifs is 1. The largest absolute Gasteiger partial charge is 0.484 e. The van der Waals surface area contributed by atoms with Crippen LogP contribution >= 0.6 is 23.2 Å². The number of rotatable bonds is 5. The molecule has 1 atom stereocenters. The van der Waals surface area contributed by atoms with Crippen molar-refractivity contribution in [3.63, 3.8) is 0 Å². The van der Waals surface area contributed by atoms with Crippen molar-refractivity contribution in [1.82, 2.24) is 19.9 Å². The molecule has 1 fully saturated rings. The van der Waals surface area contributed by atoms with Gasteiger partial charge < -0.3 is 24.5 Å². The fourth-order valence-corrected chi connectivity index (χ4v) is 4.95. The number of benzene rings is 2. The Morgan fingerprint density at radius 2 is 1.89 bits per heavy atom. The van der Waals surface area contributed by atoms with Crippen molar-refractivity contribution < 1.29 is 9.13 Å². The Hall–Kier alpha value is -3.07. The predicted molar refractivity (Wildman–Crippen MR) is 137 cm³/mol. The topological polar surface area (TPSA) is 77.2 Å². The molecule has 182 valence electrons. The summed E-state index contributed by atoms with van der Waals surface area (Å²) in [5.41, 5.74) is 3.06. The van der Waals surface area contributed by atoms with E-state index in [2.05, 4.69) is 43.9 Å². The minimum Gasteiger partial charge on any atom is -0.484 e. The van der Waals surface area contributed by atoms with Crippen molar-refractivity contribution in [3.8, 4) is 17.1 Å². The molecule has 0 unspecified atom stereocenters. The van der Waals surface area contributed by atoms with Gasteiger partial charge in [-0.2, -0.15) is 0 Å². The van der Waals surface area contributed by atoms with E-state index in [1.807, 2.05) is 6.07 Å². The van der Waals surface area contributed by atoms with Crippen LogP contribution in [-0.2, 0) is 0 Å². The van der Waals surface area contributed by atoms with E-state index in [0.29, 0.717) is 27.7 Å². The molecule has 10 heteroatoms. The quantitative estimate of drug-likeness (QED) is 0.354. The standard InChI is InChI=1S/C25H24Cl2FN5O2/c1-14(22-18(26)4-5-19(28)23(22)27)35-16-12-17(25(34)29-13-16)24-30-20-6-3-15(11-21(20)31-24)33-9-7-32(2)8-10-33/h3-6,11-14H,7-10H2,1-2H3,(H,29,34)(H,30,31)/t14-/m1/s1. The first-order valence-electron chi connectivity index (χ1n) is 11.3. The van der Waals surface area contributed by atoms with Gasteiger partial charge in [-0.3, -0.25) is 4.79 Å². The third-order valence-corrected chi connectivity index (χ3v) is 6.98. The summed E-state index contributed by atoms with van der Waals surface area (Å²) in [6.07, 6.45) is 0.781. The van der Waals surface area contributed by atoms with Gasteiger partial charge in [-0.1, -0.05) is 23.2 Å². The number of aromatic amines is 2. The highest BCUT2D eigenvalue weighted by molar-refractivity contribution is 6.36. The minimum atomic E-state index is -0.661. The zero-order chi connectivity index (χ0) is 24.7. The van der Waals surface area contributed by atoms with Gasteiger partial charge >= 0.3 is 0 Å². The van der Waals surface area contributed by atoms with Crippen LogP contribution in [0.1, 0.15) is 18.6 Å². The van der Waals surface area contributed by atoms with Crippen LogP contribution in [-0.4, -0.2) is 53.1 Å².